The van der Waals surface area contributed by atoms with Crippen molar-refractivity contribution in [3.05, 3.63) is 88.2 Å². The Balaban J connectivity index is 1.81. The maximum absolute atomic E-state index is 12.7. The number of ether oxygens (including phenoxy) is 1. The predicted molar refractivity (Wildman–Crippen MR) is 123 cm³/mol. The minimum absolute atomic E-state index is 0.1000. The number of carbonyl (C=O) groups excluding carboxylic acids is 2. The summed E-state index contributed by atoms with van der Waals surface area (Å²) in [5, 5.41) is 5.48. The van der Waals surface area contributed by atoms with Gasteiger partial charge in [0.05, 0.1) is 0 Å². The second kappa shape index (κ2) is 11.3. The first-order chi connectivity index (χ1) is 15.1. The lowest BCUT2D eigenvalue weighted by atomic mass is 10.2. The van der Waals surface area contributed by atoms with Crippen LogP contribution in [-0.4, -0.2) is 32.1 Å². The Morgan fingerprint density at radius 3 is 2.48 bits per heavy atom. The fourth-order valence-electron chi connectivity index (χ4n) is 2.80. The van der Waals surface area contributed by atoms with E-state index >= 15 is 0 Å². The molecule has 1 heterocycles. The molecule has 0 bridgehead atoms. The molecule has 2 amide bonds. The van der Waals surface area contributed by atoms with Crippen molar-refractivity contribution in [2.75, 3.05) is 20.3 Å². The molecule has 160 valence electrons. The number of methoxy groups -OCH3 is 1. The maximum atomic E-state index is 12.7. The van der Waals surface area contributed by atoms with Crippen LogP contribution in [0.1, 0.15) is 22.5 Å². The summed E-state index contributed by atoms with van der Waals surface area (Å²) < 4.78 is 11.8. The first-order valence-electron chi connectivity index (χ1n) is 9.78. The number of carbonyl (C=O) groups is 2. The Hall–Kier alpha value is -3.16. The molecule has 2 N–H and O–H groups in total. The van der Waals surface area contributed by atoms with Gasteiger partial charge in [-0.05, 0) is 42.8 Å². The molecule has 0 atom stereocenters. The maximum Gasteiger partial charge on any atom is 0.267 e. The van der Waals surface area contributed by atoms with E-state index in [1.165, 1.54) is 6.08 Å². The van der Waals surface area contributed by atoms with Gasteiger partial charge in [0, 0.05) is 41.9 Å². The van der Waals surface area contributed by atoms with Crippen molar-refractivity contribution in [2.45, 2.75) is 6.42 Å². The number of hydrogen-bond acceptors (Lipinski definition) is 4. The Kier molecular flexibility index (Phi) is 8.20. The highest BCUT2D eigenvalue weighted by Gasteiger charge is 2.15. The predicted octanol–water partition coefficient (Wildman–Crippen LogP) is 4.63. The van der Waals surface area contributed by atoms with E-state index < -0.39 is 5.91 Å². The van der Waals surface area contributed by atoms with Crippen LogP contribution in [0.3, 0.4) is 0 Å². The van der Waals surface area contributed by atoms with Crippen molar-refractivity contribution in [3.8, 4) is 11.3 Å². The topological polar surface area (TPSA) is 80.6 Å². The summed E-state index contributed by atoms with van der Waals surface area (Å²) in [6.07, 6.45) is 2.19. The van der Waals surface area contributed by atoms with Gasteiger partial charge >= 0.3 is 0 Å². The number of furan rings is 1. The Morgan fingerprint density at radius 2 is 1.77 bits per heavy atom. The first-order valence-corrected chi connectivity index (χ1v) is 10.6. The van der Waals surface area contributed by atoms with E-state index in [9.17, 15) is 9.59 Å². The smallest absolute Gasteiger partial charge is 0.267 e. The van der Waals surface area contributed by atoms with Gasteiger partial charge in [0.2, 0.25) is 0 Å². The molecule has 0 saturated heterocycles. The summed E-state index contributed by atoms with van der Waals surface area (Å²) in [7, 11) is 1.60. The third kappa shape index (κ3) is 6.67. The molecule has 0 unspecified atom stereocenters. The second-order valence-electron chi connectivity index (χ2n) is 6.69. The van der Waals surface area contributed by atoms with E-state index in [1.807, 2.05) is 36.4 Å². The molecule has 0 aliphatic heterocycles. The molecule has 1 aromatic heterocycles. The van der Waals surface area contributed by atoms with E-state index in [1.54, 1.807) is 37.4 Å². The molecule has 6 nitrogen and oxygen atoms in total. The average molecular weight is 483 g/mol. The number of hydrogen-bond donors (Lipinski definition) is 2. The van der Waals surface area contributed by atoms with E-state index in [4.69, 9.17) is 9.15 Å². The van der Waals surface area contributed by atoms with Gasteiger partial charge in [0.1, 0.15) is 17.2 Å². The Labute approximate surface area is 189 Å². The Bertz CT molecular complexity index is 1040. The number of nitrogens with one attached hydrogen (secondary N) is 2. The minimum atomic E-state index is -0.401. The molecule has 3 rings (SSSR count). The summed E-state index contributed by atoms with van der Waals surface area (Å²) in [5.41, 5.74) is 1.46. The van der Waals surface area contributed by atoms with E-state index in [0.29, 0.717) is 36.7 Å². The second-order valence-corrected chi connectivity index (χ2v) is 7.60. The molecule has 0 aliphatic rings. The third-order valence-electron chi connectivity index (χ3n) is 4.38. The normalized spacial score (nSPS) is 11.2. The number of rotatable bonds is 9. The SMILES string of the molecule is COCCCNC(=O)/C(=C/c1ccc(-c2ccc(Br)cc2)o1)NC(=O)c1ccccc1. The first kappa shape index (κ1) is 22.5. The molecular formula is C24H23BrN2O4. The molecule has 7 heteroatoms. The zero-order valence-corrected chi connectivity index (χ0v) is 18.6. The highest BCUT2D eigenvalue weighted by atomic mass is 79.9. The van der Waals surface area contributed by atoms with Crippen LogP contribution in [0.15, 0.2) is 81.3 Å². The third-order valence-corrected chi connectivity index (χ3v) is 4.91. The van der Waals surface area contributed by atoms with Crippen molar-refractivity contribution < 1.29 is 18.7 Å². The van der Waals surface area contributed by atoms with Crippen LogP contribution in [0.4, 0.5) is 0 Å². The van der Waals surface area contributed by atoms with Crippen molar-refractivity contribution in [1.82, 2.24) is 10.6 Å². The van der Waals surface area contributed by atoms with Crippen LogP contribution in [0, 0.1) is 0 Å². The summed E-state index contributed by atoms with van der Waals surface area (Å²) in [5.74, 6) is 0.335. The molecule has 3 aromatic rings. The molecule has 0 fully saturated rings. The van der Waals surface area contributed by atoms with Gasteiger partial charge in [0.15, 0.2) is 0 Å². The van der Waals surface area contributed by atoms with E-state index in [2.05, 4.69) is 26.6 Å². The van der Waals surface area contributed by atoms with Crippen LogP contribution < -0.4 is 10.6 Å². The van der Waals surface area contributed by atoms with E-state index in [-0.39, 0.29) is 11.6 Å². The van der Waals surface area contributed by atoms with Gasteiger partial charge in [-0.15, -0.1) is 0 Å². The number of amides is 2. The zero-order valence-electron chi connectivity index (χ0n) is 17.1. The monoisotopic (exact) mass is 482 g/mol. The fraction of sp³-hybridized carbons (Fsp3) is 0.167. The molecule has 0 saturated carbocycles. The van der Waals surface area contributed by atoms with Crippen molar-refractivity contribution in [1.29, 1.82) is 0 Å². The molecular weight excluding hydrogens is 460 g/mol. The summed E-state index contributed by atoms with van der Waals surface area (Å²) in [6, 6.07) is 20.0. The lowest BCUT2D eigenvalue weighted by Gasteiger charge is -2.10. The van der Waals surface area contributed by atoms with Gasteiger partial charge in [-0.25, -0.2) is 0 Å². The van der Waals surface area contributed by atoms with Crippen LogP contribution in [0.5, 0.6) is 0 Å². The van der Waals surface area contributed by atoms with Gasteiger partial charge in [-0.1, -0.05) is 46.3 Å². The molecule has 0 spiro atoms. The minimum Gasteiger partial charge on any atom is -0.457 e. The number of halogens is 1. The molecule has 31 heavy (non-hydrogen) atoms. The molecule has 2 aromatic carbocycles. The highest BCUT2D eigenvalue weighted by molar-refractivity contribution is 9.10. The molecule has 0 aliphatic carbocycles. The standard InChI is InChI=1S/C24H23BrN2O4/c1-30-15-5-14-26-24(29)21(27-23(28)18-6-3-2-4-7-18)16-20-12-13-22(31-20)17-8-10-19(25)11-9-17/h2-4,6-13,16H,5,14-15H2,1H3,(H,26,29)(H,27,28)/b21-16-. The zero-order chi connectivity index (χ0) is 22.1. The number of benzene rings is 2. The highest BCUT2D eigenvalue weighted by Crippen LogP contribution is 2.25. The largest absolute Gasteiger partial charge is 0.457 e. The lowest BCUT2D eigenvalue weighted by Crippen LogP contribution is -2.35. The van der Waals surface area contributed by atoms with Crippen molar-refractivity contribution in [2.24, 2.45) is 0 Å². The summed E-state index contributed by atoms with van der Waals surface area (Å²) in [6.45, 7) is 0.956. The summed E-state index contributed by atoms with van der Waals surface area (Å²) >= 11 is 3.41. The Morgan fingerprint density at radius 1 is 1.03 bits per heavy atom. The lowest BCUT2D eigenvalue weighted by molar-refractivity contribution is -0.117. The van der Waals surface area contributed by atoms with Gasteiger partial charge in [0.25, 0.3) is 11.8 Å². The van der Waals surface area contributed by atoms with Crippen molar-refractivity contribution >= 4 is 33.8 Å². The quantitative estimate of drug-likeness (QED) is 0.344. The van der Waals surface area contributed by atoms with Gasteiger partial charge < -0.3 is 19.8 Å². The van der Waals surface area contributed by atoms with Crippen LogP contribution in [0.2, 0.25) is 0 Å². The summed E-state index contributed by atoms with van der Waals surface area (Å²) in [4.78, 5) is 25.3. The van der Waals surface area contributed by atoms with Gasteiger partial charge in [-0.3, -0.25) is 9.59 Å². The average Bonchev–Trinajstić information content (AvgIpc) is 3.25. The van der Waals surface area contributed by atoms with Crippen LogP contribution >= 0.6 is 15.9 Å². The van der Waals surface area contributed by atoms with Crippen LogP contribution in [-0.2, 0) is 9.53 Å². The van der Waals surface area contributed by atoms with Crippen molar-refractivity contribution in [3.63, 3.8) is 0 Å². The molecule has 0 radical (unpaired) electrons. The fourth-order valence-corrected chi connectivity index (χ4v) is 3.06. The van der Waals surface area contributed by atoms with E-state index in [0.717, 1.165) is 10.0 Å². The van der Waals surface area contributed by atoms with Gasteiger partial charge in [-0.2, -0.15) is 0 Å². The van der Waals surface area contributed by atoms with Crippen LogP contribution in [0.25, 0.3) is 17.4 Å².